The first kappa shape index (κ1) is 13.7. The summed E-state index contributed by atoms with van der Waals surface area (Å²) in [5.74, 6) is 1.49. The van der Waals surface area contributed by atoms with E-state index >= 15 is 0 Å². The predicted octanol–water partition coefficient (Wildman–Crippen LogP) is 2.44. The van der Waals surface area contributed by atoms with Gasteiger partial charge in [-0.25, -0.2) is 9.78 Å². The van der Waals surface area contributed by atoms with E-state index in [2.05, 4.69) is 4.98 Å². The number of carbonyl (C=O) groups is 1. The minimum atomic E-state index is -0.820. The molecule has 2 heterocycles. The Hall–Kier alpha value is -1.74. The highest BCUT2D eigenvalue weighted by Gasteiger charge is 2.22. The average molecular weight is 277 g/mol. The van der Waals surface area contributed by atoms with E-state index in [4.69, 9.17) is 10.4 Å². The van der Waals surface area contributed by atoms with Gasteiger partial charge >= 0.3 is 6.09 Å². The third-order valence-corrected chi connectivity index (χ3v) is 4.39. The van der Waals surface area contributed by atoms with Crippen LogP contribution < -0.4 is 0 Å². The molecule has 6 heteroatoms. The summed E-state index contributed by atoms with van der Waals surface area (Å²) in [7, 11) is 0. The Kier molecular flexibility index (Phi) is 4.63. The average Bonchev–Trinajstić information content (AvgIpc) is 2.46. The highest BCUT2D eigenvalue weighted by Crippen LogP contribution is 2.25. The molecular weight excluding hydrogens is 262 g/mol. The van der Waals surface area contributed by atoms with Crippen molar-refractivity contribution in [1.29, 1.82) is 5.26 Å². The van der Waals surface area contributed by atoms with Crippen LogP contribution in [0.5, 0.6) is 0 Å². The standard InChI is InChI=1S/C13H15N3O2S/c14-7-11-1-2-12(15-8-11)19-9-10-3-5-16(6-4-10)13(17)18/h1-2,8,10H,3-6,9H2,(H,17,18). The lowest BCUT2D eigenvalue weighted by Crippen LogP contribution is -2.37. The Bertz CT molecular complexity index is 476. The lowest BCUT2D eigenvalue weighted by Gasteiger charge is -2.29. The van der Waals surface area contributed by atoms with Gasteiger partial charge in [-0.15, -0.1) is 11.8 Å². The monoisotopic (exact) mass is 277 g/mol. The molecule has 1 saturated heterocycles. The van der Waals surface area contributed by atoms with Crippen molar-refractivity contribution >= 4 is 17.9 Å². The zero-order chi connectivity index (χ0) is 13.7. The van der Waals surface area contributed by atoms with Crippen LogP contribution in [-0.4, -0.2) is 39.9 Å². The molecule has 0 aromatic carbocycles. The van der Waals surface area contributed by atoms with Crippen LogP contribution in [0.1, 0.15) is 18.4 Å². The summed E-state index contributed by atoms with van der Waals surface area (Å²) >= 11 is 1.67. The van der Waals surface area contributed by atoms with E-state index in [0.29, 0.717) is 24.6 Å². The molecule has 0 saturated carbocycles. The van der Waals surface area contributed by atoms with Crippen LogP contribution in [-0.2, 0) is 0 Å². The highest BCUT2D eigenvalue weighted by molar-refractivity contribution is 7.99. The van der Waals surface area contributed by atoms with Crippen molar-refractivity contribution < 1.29 is 9.90 Å². The fourth-order valence-corrected chi connectivity index (χ4v) is 3.06. The number of rotatable bonds is 3. The number of piperidine rings is 1. The van der Waals surface area contributed by atoms with Crippen molar-refractivity contribution in [3.63, 3.8) is 0 Å². The number of hydrogen-bond acceptors (Lipinski definition) is 4. The second kappa shape index (κ2) is 6.43. The molecule has 5 nitrogen and oxygen atoms in total. The summed E-state index contributed by atoms with van der Waals surface area (Å²) in [6.07, 6.45) is 2.58. The van der Waals surface area contributed by atoms with Gasteiger partial charge in [0.1, 0.15) is 6.07 Å². The SMILES string of the molecule is N#Cc1ccc(SCC2CCN(C(=O)O)CC2)nc1. The lowest BCUT2D eigenvalue weighted by molar-refractivity contribution is 0.127. The van der Waals surface area contributed by atoms with E-state index in [1.165, 1.54) is 4.90 Å². The number of nitrogens with zero attached hydrogens (tertiary/aromatic N) is 3. The molecule has 1 aromatic rings. The van der Waals surface area contributed by atoms with Gasteiger partial charge in [-0.1, -0.05) is 0 Å². The summed E-state index contributed by atoms with van der Waals surface area (Å²) in [5.41, 5.74) is 0.569. The van der Waals surface area contributed by atoms with E-state index in [-0.39, 0.29) is 0 Å². The van der Waals surface area contributed by atoms with Crippen molar-refractivity contribution in [2.24, 2.45) is 5.92 Å². The van der Waals surface area contributed by atoms with Crippen molar-refractivity contribution in [3.05, 3.63) is 23.9 Å². The van der Waals surface area contributed by atoms with Crippen LogP contribution in [0.4, 0.5) is 4.79 Å². The molecule has 0 radical (unpaired) electrons. The predicted molar refractivity (Wildman–Crippen MR) is 72.0 cm³/mol. The topological polar surface area (TPSA) is 77.2 Å². The summed E-state index contributed by atoms with van der Waals surface area (Å²) in [5, 5.41) is 18.5. The van der Waals surface area contributed by atoms with Crippen molar-refractivity contribution in [3.8, 4) is 6.07 Å². The number of carboxylic acid groups (broad SMARTS) is 1. The van der Waals surface area contributed by atoms with E-state index in [1.54, 1.807) is 24.0 Å². The maximum absolute atomic E-state index is 10.8. The van der Waals surface area contributed by atoms with Crippen molar-refractivity contribution in [2.45, 2.75) is 17.9 Å². The van der Waals surface area contributed by atoms with Crippen molar-refractivity contribution in [2.75, 3.05) is 18.8 Å². The first-order valence-electron chi connectivity index (χ1n) is 6.16. The third kappa shape index (κ3) is 3.86. The number of amides is 1. The molecule has 2 rings (SSSR count). The van der Waals surface area contributed by atoms with Crippen LogP contribution in [0.2, 0.25) is 0 Å². The minimum absolute atomic E-state index is 0.540. The van der Waals surface area contributed by atoms with Gasteiger partial charge in [0.15, 0.2) is 0 Å². The number of thioether (sulfide) groups is 1. The Labute approximate surface area is 116 Å². The maximum Gasteiger partial charge on any atom is 0.407 e. The van der Waals surface area contributed by atoms with E-state index < -0.39 is 6.09 Å². The van der Waals surface area contributed by atoms with E-state index in [1.807, 2.05) is 12.1 Å². The summed E-state index contributed by atoms with van der Waals surface area (Å²) in [6.45, 7) is 1.25. The molecule has 0 spiro atoms. The summed E-state index contributed by atoms with van der Waals surface area (Å²) < 4.78 is 0. The first-order chi connectivity index (χ1) is 9.19. The Morgan fingerprint density at radius 3 is 2.79 bits per heavy atom. The number of hydrogen-bond donors (Lipinski definition) is 1. The van der Waals surface area contributed by atoms with Gasteiger partial charge in [0.05, 0.1) is 10.6 Å². The molecule has 1 aromatic heterocycles. The molecule has 1 aliphatic rings. The highest BCUT2D eigenvalue weighted by atomic mass is 32.2. The quantitative estimate of drug-likeness (QED) is 0.859. The van der Waals surface area contributed by atoms with Crippen LogP contribution in [0.15, 0.2) is 23.4 Å². The van der Waals surface area contributed by atoms with Crippen LogP contribution in [0.25, 0.3) is 0 Å². The molecule has 100 valence electrons. The Morgan fingerprint density at radius 2 is 2.26 bits per heavy atom. The zero-order valence-electron chi connectivity index (χ0n) is 10.5. The summed E-state index contributed by atoms with van der Waals surface area (Å²) in [4.78, 5) is 16.5. The van der Waals surface area contributed by atoms with Gasteiger partial charge in [0, 0.05) is 25.0 Å². The maximum atomic E-state index is 10.8. The van der Waals surface area contributed by atoms with Gasteiger partial charge in [-0.3, -0.25) is 0 Å². The second-order valence-electron chi connectivity index (χ2n) is 4.52. The molecular formula is C13H15N3O2S. The first-order valence-corrected chi connectivity index (χ1v) is 7.14. The smallest absolute Gasteiger partial charge is 0.407 e. The Morgan fingerprint density at radius 1 is 1.53 bits per heavy atom. The molecule has 0 aliphatic carbocycles. The Balaban J connectivity index is 1.77. The number of aromatic nitrogens is 1. The second-order valence-corrected chi connectivity index (χ2v) is 5.56. The van der Waals surface area contributed by atoms with Crippen LogP contribution in [0.3, 0.4) is 0 Å². The van der Waals surface area contributed by atoms with Gasteiger partial charge in [-0.05, 0) is 30.9 Å². The van der Waals surface area contributed by atoms with Crippen LogP contribution >= 0.6 is 11.8 Å². The molecule has 1 N–H and O–H groups in total. The molecule has 19 heavy (non-hydrogen) atoms. The number of pyridine rings is 1. The van der Waals surface area contributed by atoms with E-state index in [9.17, 15) is 4.79 Å². The van der Waals surface area contributed by atoms with Crippen molar-refractivity contribution in [1.82, 2.24) is 9.88 Å². The zero-order valence-corrected chi connectivity index (χ0v) is 11.3. The number of nitriles is 1. The van der Waals surface area contributed by atoms with Gasteiger partial charge < -0.3 is 10.0 Å². The van der Waals surface area contributed by atoms with Gasteiger partial charge in [-0.2, -0.15) is 5.26 Å². The summed E-state index contributed by atoms with van der Waals surface area (Å²) in [6, 6.07) is 5.67. The van der Waals surface area contributed by atoms with Gasteiger partial charge in [0.2, 0.25) is 0 Å². The largest absolute Gasteiger partial charge is 0.465 e. The van der Waals surface area contributed by atoms with Gasteiger partial charge in [0.25, 0.3) is 0 Å². The minimum Gasteiger partial charge on any atom is -0.465 e. The molecule has 1 aliphatic heterocycles. The molecule has 0 unspecified atom stereocenters. The molecule has 0 atom stereocenters. The fraction of sp³-hybridized carbons (Fsp3) is 0.462. The van der Waals surface area contributed by atoms with Crippen LogP contribution in [0, 0.1) is 17.2 Å². The third-order valence-electron chi connectivity index (χ3n) is 3.22. The lowest BCUT2D eigenvalue weighted by atomic mass is 9.99. The van der Waals surface area contributed by atoms with E-state index in [0.717, 1.165) is 23.6 Å². The number of likely N-dealkylation sites (tertiary alicyclic amines) is 1. The molecule has 1 fully saturated rings. The molecule has 1 amide bonds. The normalized spacial score (nSPS) is 16.1. The molecule has 0 bridgehead atoms. The fourth-order valence-electron chi connectivity index (χ4n) is 2.03.